The van der Waals surface area contributed by atoms with E-state index in [4.69, 9.17) is 10.6 Å². The molecule has 62 valence electrons. The van der Waals surface area contributed by atoms with Gasteiger partial charge in [0.25, 0.3) is 0 Å². The van der Waals surface area contributed by atoms with Gasteiger partial charge < -0.3 is 10.6 Å². The van der Waals surface area contributed by atoms with E-state index in [0.29, 0.717) is 5.82 Å². The molecule has 5 heteroatoms. The van der Waals surface area contributed by atoms with Crippen molar-refractivity contribution in [1.29, 1.82) is 0 Å². The van der Waals surface area contributed by atoms with Gasteiger partial charge in [-0.05, 0) is 6.07 Å². The van der Waals surface area contributed by atoms with Crippen LogP contribution in [0, 0.1) is 0 Å². The second-order valence-electron chi connectivity index (χ2n) is 2.30. The maximum Gasteiger partial charge on any atom is 0.131 e. The molecule has 0 unspecified atom stereocenters. The van der Waals surface area contributed by atoms with Crippen LogP contribution in [0.2, 0.25) is 0 Å². The first-order valence-corrected chi connectivity index (χ1v) is 3.45. The summed E-state index contributed by atoms with van der Waals surface area (Å²) in [6.45, 7) is 0. The van der Waals surface area contributed by atoms with Crippen molar-refractivity contribution in [3.63, 3.8) is 0 Å². The van der Waals surface area contributed by atoms with Crippen molar-refractivity contribution >= 4 is 11.5 Å². The fraction of sp³-hybridized carbons (Fsp3) is 0. The van der Waals surface area contributed by atoms with Gasteiger partial charge in [-0.1, -0.05) is 5.59 Å². The van der Waals surface area contributed by atoms with Crippen molar-refractivity contribution in [3.8, 4) is 0 Å². The first-order chi connectivity index (χ1) is 5.86. The van der Waals surface area contributed by atoms with Gasteiger partial charge in [0.2, 0.25) is 0 Å². The molecule has 1 aromatic heterocycles. The number of pyridine rings is 1. The van der Waals surface area contributed by atoms with Crippen molar-refractivity contribution in [3.05, 3.63) is 30.8 Å². The molecule has 1 aliphatic rings. The van der Waals surface area contributed by atoms with Gasteiger partial charge in [-0.2, -0.15) is 0 Å². The normalized spacial score (nSPS) is 14.8. The number of rotatable bonds is 1. The highest BCUT2D eigenvalue weighted by Crippen LogP contribution is 2.15. The van der Waals surface area contributed by atoms with E-state index in [1.165, 1.54) is 6.26 Å². The number of nitrogens with one attached hydrogen (secondary N) is 1. The molecule has 0 fully saturated rings. The highest BCUT2D eigenvalue weighted by Gasteiger charge is 2.06. The summed E-state index contributed by atoms with van der Waals surface area (Å²) in [4.78, 5) is 8.66. The van der Waals surface area contributed by atoms with Crippen LogP contribution >= 0.6 is 0 Å². The van der Waals surface area contributed by atoms with Crippen LogP contribution in [-0.4, -0.2) is 4.98 Å². The first kappa shape index (κ1) is 6.93. The third-order valence-corrected chi connectivity index (χ3v) is 1.47. The Bertz CT molecular complexity index is 312. The Morgan fingerprint density at radius 2 is 2.50 bits per heavy atom. The summed E-state index contributed by atoms with van der Waals surface area (Å²) in [6, 6.07) is 3.56. The summed E-state index contributed by atoms with van der Waals surface area (Å²) < 4.78 is 0. The SMILES string of the molecule is Nc1cc(N2C=CON2)ccn1. The summed E-state index contributed by atoms with van der Waals surface area (Å²) >= 11 is 0. The van der Waals surface area contributed by atoms with E-state index in [2.05, 4.69) is 10.6 Å². The molecule has 0 radical (unpaired) electrons. The van der Waals surface area contributed by atoms with Crippen LogP contribution in [0.25, 0.3) is 0 Å². The number of hydrogen-bond acceptors (Lipinski definition) is 5. The van der Waals surface area contributed by atoms with E-state index >= 15 is 0 Å². The van der Waals surface area contributed by atoms with Crippen LogP contribution in [0.4, 0.5) is 11.5 Å². The van der Waals surface area contributed by atoms with E-state index in [1.54, 1.807) is 23.5 Å². The fourth-order valence-corrected chi connectivity index (χ4v) is 0.934. The highest BCUT2D eigenvalue weighted by atomic mass is 16.7. The molecule has 0 bridgehead atoms. The Balaban J connectivity index is 2.27. The summed E-state index contributed by atoms with van der Waals surface area (Å²) in [5, 5.41) is 1.69. The molecule has 0 saturated carbocycles. The molecule has 12 heavy (non-hydrogen) atoms. The van der Waals surface area contributed by atoms with Crippen molar-refractivity contribution in [1.82, 2.24) is 10.6 Å². The van der Waals surface area contributed by atoms with Crippen LogP contribution in [0.5, 0.6) is 0 Å². The van der Waals surface area contributed by atoms with Gasteiger partial charge in [0.1, 0.15) is 12.1 Å². The fourth-order valence-electron chi connectivity index (χ4n) is 0.934. The molecular weight excluding hydrogens is 156 g/mol. The maximum absolute atomic E-state index is 5.50. The monoisotopic (exact) mass is 164 g/mol. The van der Waals surface area contributed by atoms with Crippen LogP contribution in [0.3, 0.4) is 0 Å². The molecule has 0 aliphatic carbocycles. The Labute approximate surface area is 69.4 Å². The molecule has 2 rings (SSSR count). The molecule has 3 N–H and O–H groups in total. The van der Waals surface area contributed by atoms with Crippen molar-refractivity contribution in [2.75, 3.05) is 10.7 Å². The number of hydrazine groups is 1. The average Bonchev–Trinajstić information content (AvgIpc) is 2.56. The quantitative estimate of drug-likeness (QED) is 0.628. The van der Waals surface area contributed by atoms with Crippen LogP contribution < -0.4 is 16.3 Å². The number of nitrogen functional groups attached to an aromatic ring is 1. The second kappa shape index (κ2) is 2.71. The van der Waals surface area contributed by atoms with E-state index in [-0.39, 0.29) is 0 Å². The van der Waals surface area contributed by atoms with Gasteiger partial charge in [0.15, 0.2) is 0 Å². The van der Waals surface area contributed by atoms with Gasteiger partial charge in [-0.25, -0.2) is 9.99 Å². The van der Waals surface area contributed by atoms with E-state index in [9.17, 15) is 0 Å². The van der Waals surface area contributed by atoms with E-state index < -0.39 is 0 Å². The Morgan fingerprint density at radius 1 is 1.58 bits per heavy atom. The summed E-state index contributed by atoms with van der Waals surface area (Å²) in [7, 11) is 0. The van der Waals surface area contributed by atoms with Crippen LogP contribution in [0.1, 0.15) is 0 Å². The van der Waals surface area contributed by atoms with Crippen molar-refractivity contribution in [2.45, 2.75) is 0 Å². The Kier molecular flexibility index (Phi) is 1.56. The molecule has 2 heterocycles. The molecule has 1 aliphatic heterocycles. The lowest BCUT2D eigenvalue weighted by molar-refractivity contribution is 0.159. The minimum Gasteiger partial charge on any atom is -0.395 e. The molecule has 0 saturated heterocycles. The minimum atomic E-state index is 0.481. The minimum absolute atomic E-state index is 0.481. The number of nitrogens with zero attached hydrogens (tertiary/aromatic N) is 2. The standard InChI is InChI=1S/C7H8N4O/c8-7-5-6(1-2-9-7)11-3-4-12-10-11/h1-5,10H,(H2,8,9). The van der Waals surface area contributed by atoms with Gasteiger partial charge >= 0.3 is 0 Å². The van der Waals surface area contributed by atoms with Gasteiger partial charge in [0.05, 0.1) is 11.9 Å². The zero-order valence-electron chi connectivity index (χ0n) is 6.27. The molecular formula is C7H8N4O. The largest absolute Gasteiger partial charge is 0.395 e. The Morgan fingerprint density at radius 3 is 3.17 bits per heavy atom. The molecule has 1 aromatic rings. The number of nitrogens with two attached hydrogens (primary N) is 1. The van der Waals surface area contributed by atoms with Crippen LogP contribution in [-0.2, 0) is 4.84 Å². The Hall–Kier alpha value is -1.75. The van der Waals surface area contributed by atoms with Crippen molar-refractivity contribution in [2.24, 2.45) is 0 Å². The third-order valence-electron chi connectivity index (χ3n) is 1.47. The maximum atomic E-state index is 5.50. The molecule has 0 aromatic carbocycles. The number of aromatic nitrogens is 1. The second-order valence-corrected chi connectivity index (χ2v) is 2.30. The van der Waals surface area contributed by atoms with Crippen molar-refractivity contribution < 1.29 is 4.84 Å². The molecule has 0 atom stereocenters. The predicted octanol–water partition coefficient (Wildman–Crippen LogP) is 0.391. The van der Waals surface area contributed by atoms with E-state index in [1.807, 2.05) is 6.07 Å². The lowest BCUT2D eigenvalue weighted by atomic mass is 10.4. The summed E-state index contributed by atoms with van der Waals surface area (Å²) in [5.74, 6) is 0.481. The van der Waals surface area contributed by atoms with Gasteiger partial charge in [-0.3, -0.25) is 0 Å². The highest BCUT2D eigenvalue weighted by molar-refractivity contribution is 5.53. The summed E-state index contributed by atoms with van der Waals surface area (Å²) in [6.07, 6.45) is 4.92. The van der Waals surface area contributed by atoms with Gasteiger partial charge in [0, 0.05) is 12.3 Å². The molecule has 5 nitrogen and oxygen atoms in total. The van der Waals surface area contributed by atoms with Crippen LogP contribution in [0.15, 0.2) is 30.8 Å². The van der Waals surface area contributed by atoms with Gasteiger partial charge in [-0.15, -0.1) is 0 Å². The number of anilines is 2. The smallest absolute Gasteiger partial charge is 0.131 e. The topological polar surface area (TPSA) is 63.4 Å². The predicted molar refractivity (Wildman–Crippen MR) is 44.5 cm³/mol. The molecule has 0 spiro atoms. The zero-order valence-corrected chi connectivity index (χ0v) is 6.27. The average molecular weight is 164 g/mol. The zero-order chi connectivity index (χ0) is 8.39. The lowest BCUT2D eigenvalue weighted by Crippen LogP contribution is -2.26. The first-order valence-electron chi connectivity index (χ1n) is 3.45. The number of hydrogen-bond donors (Lipinski definition) is 2. The van der Waals surface area contributed by atoms with E-state index in [0.717, 1.165) is 5.69 Å². The molecule has 0 amide bonds. The lowest BCUT2D eigenvalue weighted by Gasteiger charge is -2.13. The third kappa shape index (κ3) is 1.17. The summed E-state index contributed by atoms with van der Waals surface area (Å²) in [5.41, 5.74) is 9.02.